The number of carbonyl (C=O) groups is 1. The molecule has 0 radical (unpaired) electrons. The Labute approximate surface area is 150 Å². The van der Waals surface area contributed by atoms with Crippen LogP contribution < -0.4 is 16.4 Å². The SMILES string of the molecule is NC(=O)c1ccc(NC2CCCNC2)c2cc(-c3ccc(F)cc3)[nH]c12. The fourth-order valence-electron chi connectivity index (χ4n) is 3.53. The zero-order valence-corrected chi connectivity index (χ0v) is 14.3. The first-order chi connectivity index (χ1) is 12.6. The standard InChI is InChI=1S/C20H21FN4O/c21-13-5-3-12(4-6-13)18-10-16-17(24-14-2-1-9-23-11-14)8-7-15(20(22)26)19(16)25-18/h3-8,10,14,23-25H,1-2,9,11H2,(H2,22,26). The van der Waals surface area contributed by atoms with Crippen LogP contribution in [0, 0.1) is 5.82 Å². The second-order valence-corrected chi connectivity index (χ2v) is 6.69. The summed E-state index contributed by atoms with van der Waals surface area (Å²) in [6, 6.07) is 12.2. The van der Waals surface area contributed by atoms with E-state index in [2.05, 4.69) is 15.6 Å². The van der Waals surface area contributed by atoms with Crippen LogP contribution in [0.3, 0.4) is 0 Å². The Morgan fingerprint density at radius 1 is 1.19 bits per heavy atom. The molecule has 5 N–H and O–H groups in total. The summed E-state index contributed by atoms with van der Waals surface area (Å²) in [6.45, 7) is 1.96. The van der Waals surface area contributed by atoms with Crippen molar-refractivity contribution in [3.8, 4) is 11.3 Å². The van der Waals surface area contributed by atoms with Gasteiger partial charge in [0.05, 0.1) is 11.1 Å². The van der Waals surface area contributed by atoms with Crippen LogP contribution in [0.15, 0.2) is 42.5 Å². The minimum absolute atomic E-state index is 0.283. The summed E-state index contributed by atoms with van der Waals surface area (Å²) in [5.41, 5.74) is 9.32. The van der Waals surface area contributed by atoms with Gasteiger partial charge in [-0.25, -0.2) is 4.39 Å². The molecule has 5 nitrogen and oxygen atoms in total. The lowest BCUT2D eigenvalue weighted by molar-refractivity contribution is 0.100. The molecule has 134 valence electrons. The van der Waals surface area contributed by atoms with Crippen molar-refractivity contribution in [1.29, 1.82) is 0 Å². The molecule has 2 heterocycles. The largest absolute Gasteiger partial charge is 0.380 e. The van der Waals surface area contributed by atoms with Gasteiger partial charge < -0.3 is 21.4 Å². The second-order valence-electron chi connectivity index (χ2n) is 6.69. The minimum Gasteiger partial charge on any atom is -0.380 e. The highest BCUT2D eigenvalue weighted by molar-refractivity contribution is 6.09. The highest BCUT2D eigenvalue weighted by Crippen LogP contribution is 2.32. The summed E-state index contributed by atoms with van der Waals surface area (Å²) in [4.78, 5) is 15.1. The molecule has 4 rings (SSSR count). The summed E-state index contributed by atoms with van der Waals surface area (Å²) < 4.78 is 13.2. The molecule has 1 saturated heterocycles. The molecule has 3 aromatic rings. The fourth-order valence-corrected chi connectivity index (χ4v) is 3.53. The lowest BCUT2D eigenvalue weighted by atomic mass is 10.0. The first kappa shape index (κ1) is 16.6. The van der Waals surface area contributed by atoms with Crippen LogP contribution in [0.4, 0.5) is 10.1 Å². The number of hydrogen-bond acceptors (Lipinski definition) is 3. The molecule has 1 amide bonds. The monoisotopic (exact) mass is 352 g/mol. The third-order valence-electron chi connectivity index (χ3n) is 4.87. The molecule has 1 aromatic heterocycles. The fraction of sp³-hybridized carbons (Fsp3) is 0.250. The number of piperidine rings is 1. The maximum Gasteiger partial charge on any atom is 0.250 e. The number of primary amides is 1. The normalized spacial score (nSPS) is 17.3. The van der Waals surface area contributed by atoms with Crippen molar-refractivity contribution in [1.82, 2.24) is 10.3 Å². The van der Waals surface area contributed by atoms with Gasteiger partial charge >= 0.3 is 0 Å². The van der Waals surface area contributed by atoms with Crippen molar-refractivity contribution in [2.24, 2.45) is 5.73 Å². The molecule has 6 heteroatoms. The van der Waals surface area contributed by atoms with E-state index in [0.29, 0.717) is 17.1 Å². The van der Waals surface area contributed by atoms with E-state index in [1.807, 2.05) is 12.1 Å². The number of fused-ring (bicyclic) bond motifs is 1. The van der Waals surface area contributed by atoms with Gasteiger partial charge in [-0.3, -0.25) is 4.79 Å². The summed E-state index contributed by atoms with van der Waals surface area (Å²) in [5, 5.41) is 7.87. The average molecular weight is 352 g/mol. The smallest absolute Gasteiger partial charge is 0.250 e. The maximum atomic E-state index is 13.2. The van der Waals surface area contributed by atoms with Gasteiger partial charge in [-0.15, -0.1) is 0 Å². The van der Waals surface area contributed by atoms with E-state index >= 15 is 0 Å². The number of carbonyl (C=O) groups excluding carboxylic acids is 1. The van der Waals surface area contributed by atoms with Crippen molar-refractivity contribution in [2.45, 2.75) is 18.9 Å². The van der Waals surface area contributed by atoms with Crippen LogP contribution in [0.1, 0.15) is 23.2 Å². The number of H-pyrrole nitrogens is 1. The Kier molecular flexibility index (Phi) is 4.34. The minimum atomic E-state index is -0.478. The lowest BCUT2D eigenvalue weighted by Crippen LogP contribution is -2.38. The molecule has 26 heavy (non-hydrogen) atoms. The van der Waals surface area contributed by atoms with Gasteiger partial charge in [0.1, 0.15) is 5.82 Å². The van der Waals surface area contributed by atoms with Gasteiger partial charge in [-0.05, 0) is 67.4 Å². The number of hydrogen-bond donors (Lipinski definition) is 4. The highest BCUT2D eigenvalue weighted by atomic mass is 19.1. The Balaban J connectivity index is 1.78. The topological polar surface area (TPSA) is 82.9 Å². The Hall–Kier alpha value is -2.86. The maximum absolute atomic E-state index is 13.2. The van der Waals surface area contributed by atoms with E-state index in [0.717, 1.165) is 48.3 Å². The van der Waals surface area contributed by atoms with Gasteiger partial charge in [0.25, 0.3) is 5.91 Å². The molecule has 1 atom stereocenters. The van der Waals surface area contributed by atoms with Gasteiger partial charge in [0.15, 0.2) is 0 Å². The van der Waals surface area contributed by atoms with Crippen LogP contribution in [-0.4, -0.2) is 30.0 Å². The molecule has 0 bridgehead atoms. The van der Waals surface area contributed by atoms with Crippen LogP contribution in [0.5, 0.6) is 0 Å². The molecule has 1 fully saturated rings. The zero-order valence-electron chi connectivity index (χ0n) is 14.3. The van der Waals surface area contributed by atoms with Gasteiger partial charge in [0, 0.05) is 29.4 Å². The van der Waals surface area contributed by atoms with Gasteiger partial charge in [-0.2, -0.15) is 0 Å². The Morgan fingerprint density at radius 2 is 2.00 bits per heavy atom. The first-order valence-corrected chi connectivity index (χ1v) is 8.80. The molecule has 0 spiro atoms. The highest BCUT2D eigenvalue weighted by Gasteiger charge is 2.18. The molecule has 0 saturated carbocycles. The van der Waals surface area contributed by atoms with Crippen LogP contribution in [0.25, 0.3) is 22.2 Å². The quantitative estimate of drug-likeness (QED) is 0.582. The number of anilines is 1. The summed E-state index contributed by atoms with van der Waals surface area (Å²) in [7, 11) is 0. The number of rotatable bonds is 4. The van der Waals surface area contributed by atoms with Gasteiger partial charge in [0.2, 0.25) is 0 Å². The number of aromatic nitrogens is 1. The van der Waals surface area contributed by atoms with E-state index in [9.17, 15) is 9.18 Å². The molecular formula is C20H21FN4O. The van der Waals surface area contributed by atoms with E-state index in [1.54, 1.807) is 18.2 Å². The molecule has 1 unspecified atom stereocenters. The van der Waals surface area contributed by atoms with E-state index in [4.69, 9.17) is 5.73 Å². The first-order valence-electron chi connectivity index (χ1n) is 8.80. The summed E-state index contributed by atoms with van der Waals surface area (Å²) >= 11 is 0. The summed E-state index contributed by atoms with van der Waals surface area (Å²) in [6.07, 6.45) is 2.23. The number of nitrogens with two attached hydrogens (primary N) is 1. The van der Waals surface area contributed by atoms with E-state index < -0.39 is 5.91 Å². The molecule has 0 aliphatic carbocycles. The number of aromatic amines is 1. The predicted octanol–water partition coefficient (Wildman–Crippen LogP) is 3.24. The van der Waals surface area contributed by atoms with Crippen LogP contribution >= 0.6 is 0 Å². The molecule has 1 aliphatic rings. The van der Waals surface area contributed by atoms with Crippen LogP contribution in [0.2, 0.25) is 0 Å². The van der Waals surface area contributed by atoms with E-state index in [-0.39, 0.29) is 5.82 Å². The van der Waals surface area contributed by atoms with E-state index in [1.165, 1.54) is 12.1 Å². The average Bonchev–Trinajstić information content (AvgIpc) is 3.09. The number of halogens is 1. The Bertz CT molecular complexity index is 942. The van der Waals surface area contributed by atoms with Gasteiger partial charge in [-0.1, -0.05) is 0 Å². The zero-order chi connectivity index (χ0) is 18.1. The number of nitrogens with one attached hydrogen (secondary N) is 3. The van der Waals surface area contributed by atoms with Crippen LogP contribution in [-0.2, 0) is 0 Å². The lowest BCUT2D eigenvalue weighted by Gasteiger charge is -2.25. The number of benzene rings is 2. The number of amides is 1. The third-order valence-corrected chi connectivity index (χ3v) is 4.87. The van der Waals surface area contributed by atoms with Crippen molar-refractivity contribution in [3.63, 3.8) is 0 Å². The predicted molar refractivity (Wildman–Crippen MR) is 102 cm³/mol. The second kappa shape index (κ2) is 6.80. The third kappa shape index (κ3) is 3.15. The van der Waals surface area contributed by atoms with Crippen molar-refractivity contribution in [2.75, 3.05) is 18.4 Å². The Morgan fingerprint density at radius 3 is 2.69 bits per heavy atom. The molecule has 1 aliphatic heterocycles. The molecular weight excluding hydrogens is 331 g/mol. The van der Waals surface area contributed by atoms with Crippen molar-refractivity contribution < 1.29 is 9.18 Å². The summed E-state index contributed by atoms with van der Waals surface area (Å²) in [5.74, 6) is -0.761. The molecule has 2 aromatic carbocycles. The van der Waals surface area contributed by atoms with Crippen molar-refractivity contribution >= 4 is 22.5 Å². The van der Waals surface area contributed by atoms with Crippen molar-refractivity contribution in [3.05, 3.63) is 53.8 Å².